The number of hydrogen-bond acceptors (Lipinski definition) is 4. The molecule has 0 saturated carbocycles. The van der Waals surface area contributed by atoms with E-state index in [1.165, 1.54) is 12.1 Å². The normalized spacial score (nSPS) is 15.0. The first-order valence-electron chi connectivity index (χ1n) is 8.47. The number of nitrogens with zero attached hydrogens (tertiary/aromatic N) is 3. The molecule has 0 aliphatic carbocycles. The number of fused-ring (bicyclic) bond motifs is 1. The van der Waals surface area contributed by atoms with E-state index >= 15 is 0 Å². The minimum absolute atomic E-state index is 0.546. The summed E-state index contributed by atoms with van der Waals surface area (Å²) in [6.45, 7) is 3.74. The number of benzene rings is 1. The van der Waals surface area contributed by atoms with Crippen molar-refractivity contribution in [1.82, 2.24) is 15.0 Å². The van der Waals surface area contributed by atoms with Crippen LogP contribution in [-0.4, -0.2) is 28.0 Å². The Labute approximate surface area is 148 Å². The summed E-state index contributed by atoms with van der Waals surface area (Å²) in [4.78, 5) is 14.6. The van der Waals surface area contributed by atoms with Gasteiger partial charge in [-0.2, -0.15) is 23.1 Å². The van der Waals surface area contributed by atoms with Crippen molar-refractivity contribution in [2.24, 2.45) is 0 Å². The number of nitrogens with one attached hydrogen (secondary N) is 2. The number of rotatable bonds is 3. The second-order valence-electron chi connectivity index (χ2n) is 6.48. The van der Waals surface area contributed by atoms with Gasteiger partial charge < -0.3 is 15.2 Å². The standard InChI is InChI=1S/C18H18F3N5/c1-11-10-14-15(22-11)24-17(26-8-2-3-9-26)25-16(14)23-13-6-4-12(5-7-13)18(19,20)21/h4-7,10H,2-3,8-9H2,1H3,(H2,22,23,24,25). The number of aryl methyl sites for hydroxylation is 1. The van der Waals surface area contributed by atoms with E-state index in [2.05, 4.69) is 25.2 Å². The van der Waals surface area contributed by atoms with E-state index in [-0.39, 0.29) is 0 Å². The van der Waals surface area contributed by atoms with Gasteiger partial charge in [-0.25, -0.2) is 0 Å². The Bertz CT molecular complexity index is 924. The summed E-state index contributed by atoms with van der Waals surface area (Å²) in [7, 11) is 0. The van der Waals surface area contributed by atoms with Gasteiger partial charge in [0.1, 0.15) is 11.5 Å². The summed E-state index contributed by atoms with van der Waals surface area (Å²) in [5.74, 6) is 1.22. The molecule has 0 unspecified atom stereocenters. The first-order chi connectivity index (χ1) is 12.4. The highest BCUT2D eigenvalue weighted by atomic mass is 19.4. The molecule has 1 saturated heterocycles. The molecule has 2 N–H and O–H groups in total. The van der Waals surface area contributed by atoms with Crippen LogP contribution in [0.1, 0.15) is 24.1 Å². The lowest BCUT2D eigenvalue weighted by Crippen LogP contribution is -2.20. The molecule has 1 fully saturated rings. The third-order valence-electron chi connectivity index (χ3n) is 4.47. The molecule has 136 valence electrons. The Kier molecular flexibility index (Phi) is 3.97. The summed E-state index contributed by atoms with van der Waals surface area (Å²) in [5, 5.41) is 3.95. The number of H-pyrrole nitrogens is 1. The maximum Gasteiger partial charge on any atom is 0.416 e. The molecule has 0 atom stereocenters. The molecule has 4 rings (SSSR count). The van der Waals surface area contributed by atoms with E-state index in [0.717, 1.165) is 49.1 Å². The van der Waals surface area contributed by atoms with Crippen molar-refractivity contribution in [3.63, 3.8) is 0 Å². The van der Waals surface area contributed by atoms with Crippen molar-refractivity contribution in [2.75, 3.05) is 23.3 Å². The predicted octanol–water partition coefficient (Wildman–Crippen LogP) is 4.63. The zero-order valence-electron chi connectivity index (χ0n) is 14.2. The summed E-state index contributed by atoms with van der Waals surface area (Å²) < 4.78 is 38.2. The monoisotopic (exact) mass is 361 g/mol. The summed E-state index contributed by atoms with van der Waals surface area (Å²) in [6.07, 6.45) is -2.14. The van der Waals surface area contributed by atoms with Gasteiger partial charge in [0.15, 0.2) is 0 Å². The molecule has 1 aliphatic rings. The minimum atomic E-state index is -4.35. The lowest BCUT2D eigenvalue weighted by atomic mass is 10.2. The third kappa shape index (κ3) is 3.18. The van der Waals surface area contributed by atoms with Gasteiger partial charge >= 0.3 is 6.18 Å². The maximum absolute atomic E-state index is 12.7. The highest BCUT2D eigenvalue weighted by molar-refractivity contribution is 5.90. The maximum atomic E-state index is 12.7. The molecule has 3 aromatic rings. The zero-order chi connectivity index (χ0) is 18.3. The molecular formula is C18H18F3N5. The fraction of sp³-hybridized carbons (Fsp3) is 0.333. The topological polar surface area (TPSA) is 56.8 Å². The fourth-order valence-corrected chi connectivity index (χ4v) is 3.16. The summed E-state index contributed by atoms with van der Waals surface area (Å²) in [6, 6.07) is 6.86. The van der Waals surface area contributed by atoms with Crippen molar-refractivity contribution in [1.29, 1.82) is 0 Å². The van der Waals surface area contributed by atoms with Crippen LogP contribution in [0.2, 0.25) is 0 Å². The van der Waals surface area contributed by atoms with Crippen LogP contribution < -0.4 is 10.2 Å². The van der Waals surface area contributed by atoms with E-state index in [1.807, 2.05) is 13.0 Å². The Morgan fingerprint density at radius 3 is 2.42 bits per heavy atom. The first kappa shape index (κ1) is 16.7. The van der Waals surface area contributed by atoms with Gasteiger partial charge in [0.2, 0.25) is 5.95 Å². The summed E-state index contributed by atoms with van der Waals surface area (Å²) in [5.41, 5.74) is 1.53. The fourth-order valence-electron chi connectivity index (χ4n) is 3.16. The number of halogens is 3. The van der Waals surface area contributed by atoms with Gasteiger partial charge in [-0.3, -0.25) is 0 Å². The van der Waals surface area contributed by atoms with Gasteiger partial charge in [-0.15, -0.1) is 0 Å². The van der Waals surface area contributed by atoms with E-state index in [1.54, 1.807) is 0 Å². The van der Waals surface area contributed by atoms with Crippen LogP contribution in [-0.2, 0) is 6.18 Å². The second-order valence-corrected chi connectivity index (χ2v) is 6.48. The van der Waals surface area contributed by atoms with E-state index in [4.69, 9.17) is 0 Å². The molecule has 5 nitrogen and oxygen atoms in total. The molecule has 2 aromatic heterocycles. The number of alkyl halides is 3. The van der Waals surface area contributed by atoms with Crippen LogP contribution in [0, 0.1) is 6.92 Å². The van der Waals surface area contributed by atoms with Crippen LogP contribution in [0.25, 0.3) is 11.0 Å². The van der Waals surface area contributed by atoms with Gasteiger partial charge in [-0.1, -0.05) is 0 Å². The van der Waals surface area contributed by atoms with Gasteiger partial charge in [0.25, 0.3) is 0 Å². The quantitative estimate of drug-likeness (QED) is 0.714. The zero-order valence-corrected chi connectivity index (χ0v) is 14.2. The number of aromatic nitrogens is 3. The average molecular weight is 361 g/mol. The van der Waals surface area contributed by atoms with Crippen LogP contribution in [0.3, 0.4) is 0 Å². The molecule has 0 bridgehead atoms. The highest BCUT2D eigenvalue weighted by Gasteiger charge is 2.30. The van der Waals surface area contributed by atoms with Crippen LogP contribution in [0.5, 0.6) is 0 Å². The Morgan fingerprint density at radius 1 is 1.08 bits per heavy atom. The van der Waals surface area contributed by atoms with Crippen LogP contribution in [0.15, 0.2) is 30.3 Å². The Balaban J connectivity index is 1.70. The van der Waals surface area contributed by atoms with Crippen LogP contribution >= 0.6 is 0 Å². The smallest absolute Gasteiger partial charge is 0.343 e. The predicted molar refractivity (Wildman–Crippen MR) is 94.8 cm³/mol. The number of hydrogen-bond donors (Lipinski definition) is 2. The van der Waals surface area contributed by atoms with E-state index in [9.17, 15) is 13.2 Å². The van der Waals surface area contributed by atoms with E-state index in [0.29, 0.717) is 23.1 Å². The molecule has 0 spiro atoms. The molecule has 0 amide bonds. The molecule has 0 radical (unpaired) electrons. The van der Waals surface area contributed by atoms with E-state index < -0.39 is 11.7 Å². The minimum Gasteiger partial charge on any atom is -0.343 e. The van der Waals surface area contributed by atoms with Crippen molar-refractivity contribution in [3.8, 4) is 0 Å². The van der Waals surface area contributed by atoms with Crippen molar-refractivity contribution >= 4 is 28.5 Å². The lowest BCUT2D eigenvalue weighted by Gasteiger charge is -2.17. The van der Waals surface area contributed by atoms with Crippen molar-refractivity contribution in [2.45, 2.75) is 25.9 Å². The summed E-state index contributed by atoms with van der Waals surface area (Å²) >= 11 is 0. The highest BCUT2D eigenvalue weighted by Crippen LogP contribution is 2.32. The average Bonchev–Trinajstić information content (AvgIpc) is 3.23. The van der Waals surface area contributed by atoms with Crippen LogP contribution in [0.4, 0.5) is 30.6 Å². The molecule has 1 aromatic carbocycles. The Morgan fingerprint density at radius 2 is 1.77 bits per heavy atom. The molecule has 1 aliphatic heterocycles. The van der Waals surface area contributed by atoms with Crippen molar-refractivity contribution in [3.05, 3.63) is 41.6 Å². The lowest BCUT2D eigenvalue weighted by molar-refractivity contribution is -0.137. The molecule has 8 heteroatoms. The number of anilines is 3. The van der Waals surface area contributed by atoms with Gasteiger partial charge in [0, 0.05) is 24.5 Å². The van der Waals surface area contributed by atoms with Crippen molar-refractivity contribution < 1.29 is 13.2 Å². The second kappa shape index (κ2) is 6.19. The largest absolute Gasteiger partial charge is 0.416 e. The Hall–Kier alpha value is -2.77. The molecule has 3 heterocycles. The SMILES string of the molecule is Cc1cc2c(Nc3ccc(C(F)(F)F)cc3)nc(N3CCCC3)nc2[nH]1. The number of aromatic amines is 1. The van der Waals surface area contributed by atoms with Gasteiger partial charge in [-0.05, 0) is 50.1 Å². The third-order valence-corrected chi connectivity index (χ3v) is 4.47. The van der Waals surface area contributed by atoms with Gasteiger partial charge in [0.05, 0.1) is 10.9 Å². The molecular weight excluding hydrogens is 343 g/mol. The molecule has 26 heavy (non-hydrogen) atoms. The first-order valence-corrected chi connectivity index (χ1v) is 8.47.